The summed E-state index contributed by atoms with van der Waals surface area (Å²) < 4.78 is 2.59. The van der Waals surface area contributed by atoms with Gasteiger partial charge in [0.2, 0.25) is 11.8 Å². The fraction of sp³-hybridized carbons (Fsp3) is 0.222. The van der Waals surface area contributed by atoms with Crippen molar-refractivity contribution in [3.8, 4) is 17.4 Å². The second kappa shape index (κ2) is 5.06. The summed E-state index contributed by atoms with van der Waals surface area (Å²) in [4.78, 5) is 0. The number of nitrogens with zero attached hydrogens (tertiary/aromatic N) is 1. The van der Waals surface area contributed by atoms with Crippen molar-refractivity contribution in [2.75, 3.05) is 0 Å². The van der Waals surface area contributed by atoms with E-state index in [1.54, 1.807) is 4.57 Å². The molecule has 3 aromatic rings. The van der Waals surface area contributed by atoms with Gasteiger partial charge < -0.3 is 10.2 Å². The Hall–Kier alpha value is -1.94. The molecule has 0 saturated carbocycles. The molecule has 0 saturated heterocycles. The zero-order valence-electron chi connectivity index (χ0n) is 12.0. The van der Waals surface area contributed by atoms with Crippen LogP contribution in [0.3, 0.4) is 0 Å². The Balaban J connectivity index is 2.05. The number of rotatable bonds is 1. The highest BCUT2D eigenvalue weighted by Crippen LogP contribution is 2.42. The van der Waals surface area contributed by atoms with Crippen LogP contribution in [-0.2, 0) is 12.8 Å². The highest BCUT2D eigenvalue weighted by molar-refractivity contribution is 9.10. The van der Waals surface area contributed by atoms with E-state index in [0.29, 0.717) is 0 Å². The molecule has 0 bridgehead atoms. The van der Waals surface area contributed by atoms with Crippen LogP contribution >= 0.6 is 15.9 Å². The molecule has 1 aliphatic rings. The molecule has 0 unspecified atom stereocenters. The van der Waals surface area contributed by atoms with E-state index < -0.39 is 0 Å². The summed E-state index contributed by atoms with van der Waals surface area (Å²) in [6.07, 6.45) is 3.78. The van der Waals surface area contributed by atoms with Gasteiger partial charge in [-0.2, -0.15) is 0 Å². The van der Waals surface area contributed by atoms with Crippen LogP contribution in [0, 0.1) is 0 Å². The van der Waals surface area contributed by atoms with Crippen LogP contribution in [-0.4, -0.2) is 14.8 Å². The number of hydrogen-bond donors (Lipinski definition) is 2. The van der Waals surface area contributed by atoms with Crippen LogP contribution in [0.1, 0.15) is 24.0 Å². The molecule has 3 nitrogen and oxygen atoms in total. The van der Waals surface area contributed by atoms with Gasteiger partial charge in [-0.1, -0.05) is 40.2 Å². The van der Waals surface area contributed by atoms with E-state index in [0.717, 1.165) is 57.7 Å². The van der Waals surface area contributed by atoms with Crippen LogP contribution in [0.5, 0.6) is 11.8 Å². The Morgan fingerprint density at radius 1 is 0.818 bits per heavy atom. The van der Waals surface area contributed by atoms with E-state index in [2.05, 4.69) is 15.9 Å². The maximum absolute atomic E-state index is 10.6. The summed E-state index contributed by atoms with van der Waals surface area (Å²) in [5.41, 5.74) is 2.61. The lowest BCUT2D eigenvalue weighted by atomic mass is 9.95. The van der Waals surface area contributed by atoms with Gasteiger partial charge in [0.15, 0.2) is 0 Å². The molecule has 0 atom stereocenters. The molecule has 2 aromatic carbocycles. The van der Waals surface area contributed by atoms with Crippen LogP contribution < -0.4 is 0 Å². The van der Waals surface area contributed by atoms with Crippen molar-refractivity contribution in [1.82, 2.24) is 4.57 Å². The highest BCUT2D eigenvalue weighted by Gasteiger charge is 2.26. The Kier molecular flexibility index (Phi) is 3.15. The second-order valence-corrected chi connectivity index (χ2v) is 6.61. The topological polar surface area (TPSA) is 45.4 Å². The van der Waals surface area contributed by atoms with E-state index in [-0.39, 0.29) is 11.8 Å². The summed E-state index contributed by atoms with van der Waals surface area (Å²) in [6, 6.07) is 11.9. The summed E-state index contributed by atoms with van der Waals surface area (Å²) in [5.74, 6) is 0.361. The van der Waals surface area contributed by atoms with Crippen LogP contribution in [0.4, 0.5) is 0 Å². The zero-order valence-corrected chi connectivity index (χ0v) is 13.6. The van der Waals surface area contributed by atoms with Gasteiger partial charge in [-0.05, 0) is 43.2 Å². The predicted octanol–water partition coefficient (Wildman–Crippen LogP) is 4.68. The smallest absolute Gasteiger partial charge is 0.202 e. The van der Waals surface area contributed by atoms with E-state index in [9.17, 15) is 10.2 Å². The third-order valence-corrected chi connectivity index (χ3v) is 5.21. The Labute approximate surface area is 136 Å². The van der Waals surface area contributed by atoms with Crippen LogP contribution in [0.15, 0.2) is 40.9 Å². The Morgan fingerprint density at radius 2 is 1.41 bits per heavy atom. The molecule has 1 heterocycles. The average Bonchev–Trinajstić information content (AvgIpc) is 2.81. The van der Waals surface area contributed by atoms with Crippen molar-refractivity contribution in [2.45, 2.75) is 25.7 Å². The van der Waals surface area contributed by atoms with Crippen molar-refractivity contribution in [3.63, 3.8) is 0 Å². The molecule has 22 heavy (non-hydrogen) atoms. The lowest BCUT2D eigenvalue weighted by molar-refractivity contribution is 0.400. The van der Waals surface area contributed by atoms with Crippen molar-refractivity contribution in [2.24, 2.45) is 0 Å². The predicted molar refractivity (Wildman–Crippen MR) is 90.9 cm³/mol. The SMILES string of the molecule is Oc1c2c(c(O)n1-c1ccc(Br)c3ccccc13)CCCC2. The number of aromatic hydroxyl groups is 2. The minimum Gasteiger partial charge on any atom is -0.494 e. The van der Waals surface area contributed by atoms with Crippen molar-refractivity contribution in [1.29, 1.82) is 0 Å². The second-order valence-electron chi connectivity index (χ2n) is 5.76. The molecule has 4 heteroatoms. The first-order valence-corrected chi connectivity index (χ1v) is 8.30. The summed E-state index contributed by atoms with van der Waals surface area (Å²) >= 11 is 3.56. The number of fused-ring (bicyclic) bond motifs is 2. The number of aromatic nitrogens is 1. The Morgan fingerprint density at radius 3 is 2.05 bits per heavy atom. The molecule has 0 spiro atoms. The standard InChI is InChI=1S/C18H16BrNO2/c19-15-9-10-16(12-6-2-1-5-11(12)15)20-17(21)13-7-3-4-8-14(13)18(20)22/h1-2,5-6,9-10,21-22H,3-4,7-8H2. The maximum atomic E-state index is 10.6. The molecule has 0 radical (unpaired) electrons. The fourth-order valence-corrected chi connectivity index (χ4v) is 3.92. The zero-order chi connectivity index (χ0) is 15.3. The average molecular weight is 358 g/mol. The molecule has 2 N–H and O–H groups in total. The summed E-state index contributed by atoms with van der Waals surface area (Å²) in [5, 5.41) is 23.3. The molecular formula is C18H16BrNO2. The first-order valence-electron chi connectivity index (χ1n) is 7.50. The maximum Gasteiger partial charge on any atom is 0.202 e. The lowest BCUT2D eigenvalue weighted by Crippen LogP contribution is -1.98. The third kappa shape index (κ3) is 1.87. The molecule has 0 aliphatic heterocycles. The van der Waals surface area contributed by atoms with Gasteiger partial charge in [0.1, 0.15) is 0 Å². The van der Waals surface area contributed by atoms with Gasteiger partial charge in [0.25, 0.3) is 0 Å². The minimum absolute atomic E-state index is 0.180. The molecule has 112 valence electrons. The number of hydrogen-bond acceptors (Lipinski definition) is 2. The van der Waals surface area contributed by atoms with Gasteiger partial charge in [0.05, 0.1) is 5.69 Å². The van der Waals surface area contributed by atoms with Gasteiger partial charge in [-0.15, -0.1) is 0 Å². The van der Waals surface area contributed by atoms with Gasteiger partial charge in [-0.3, -0.25) is 4.57 Å². The van der Waals surface area contributed by atoms with Gasteiger partial charge in [0, 0.05) is 21.0 Å². The summed E-state index contributed by atoms with van der Waals surface area (Å²) in [6.45, 7) is 0. The number of halogens is 1. The minimum atomic E-state index is 0.180. The lowest BCUT2D eigenvalue weighted by Gasteiger charge is -2.12. The molecule has 1 aliphatic carbocycles. The van der Waals surface area contributed by atoms with E-state index in [1.807, 2.05) is 36.4 Å². The van der Waals surface area contributed by atoms with Crippen LogP contribution in [0.25, 0.3) is 16.5 Å². The quantitative estimate of drug-likeness (QED) is 0.663. The van der Waals surface area contributed by atoms with Gasteiger partial charge in [-0.25, -0.2) is 0 Å². The first-order chi connectivity index (χ1) is 10.7. The molecule has 0 fully saturated rings. The molecular weight excluding hydrogens is 342 g/mol. The van der Waals surface area contributed by atoms with Crippen molar-refractivity contribution < 1.29 is 10.2 Å². The molecule has 1 aromatic heterocycles. The monoisotopic (exact) mass is 357 g/mol. The molecule has 4 rings (SSSR count). The van der Waals surface area contributed by atoms with E-state index in [1.165, 1.54) is 0 Å². The van der Waals surface area contributed by atoms with Crippen molar-refractivity contribution >= 4 is 26.7 Å². The fourth-order valence-electron chi connectivity index (χ4n) is 3.44. The van der Waals surface area contributed by atoms with Gasteiger partial charge >= 0.3 is 0 Å². The Bertz CT molecular complexity index is 853. The highest BCUT2D eigenvalue weighted by atomic mass is 79.9. The normalized spacial score (nSPS) is 14.2. The van der Waals surface area contributed by atoms with E-state index in [4.69, 9.17) is 0 Å². The summed E-state index contributed by atoms with van der Waals surface area (Å²) in [7, 11) is 0. The largest absolute Gasteiger partial charge is 0.494 e. The molecule has 0 amide bonds. The van der Waals surface area contributed by atoms with E-state index >= 15 is 0 Å². The first kappa shape index (κ1) is 13.7. The number of benzene rings is 2. The van der Waals surface area contributed by atoms with Crippen LogP contribution in [0.2, 0.25) is 0 Å². The third-order valence-electron chi connectivity index (χ3n) is 4.52. The van der Waals surface area contributed by atoms with Crippen molar-refractivity contribution in [3.05, 3.63) is 52.0 Å².